The van der Waals surface area contributed by atoms with Crippen LogP contribution < -0.4 is 20.3 Å². The second-order valence-corrected chi connectivity index (χ2v) is 17.7. The SMILES string of the molecule is C#CC[C@@H](OC(=O)Nc1ccc(COc2ccc3nc4c(c(CC)c3c2)Cn2c-4cc3c(c2=O)COC(=O)[C@]3(O)CC)cc1)c1ccc(O[C@H]2O[C@@H](C(=O)OC)[C@H](OC(C)=O)[C@@H](OC(C)=O)[C@@H]2OC(C)=O)c([N+](=O)[O-])c1. The lowest BCUT2D eigenvalue weighted by molar-refractivity contribution is -0.387. The number of nitro groups is 1. The Labute approximate surface area is 432 Å². The van der Waals surface area contributed by atoms with Crippen LogP contribution in [0.3, 0.4) is 0 Å². The molecule has 0 saturated carbocycles. The van der Waals surface area contributed by atoms with Crippen molar-refractivity contribution in [1.29, 1.82) is 0 Å². The van der Waals surface area contributed by atoms with E-state index in [2.05, 4.69) is 11.2 Å². The van der Waals surface area contributed by atoms with Crippen LogP contribution in [0.1, 0.15) is 86.9 Å². The zero-order valence-electron chi connectivity index (χ0n) is 41.8. The van der Waals surface area contributed by atoms with Gasteiger partial charge in [0.2, 0.25) is 12.4 Å². The first-order chi connectivity index (χ1) is 36.3. The summed E-state index contributed by atoms with van der Waals surface area (Å²) in [6.45, 7) is 6.81. The minimum absolute atomic E-state index is 0.0313. The molecule has 3 aromatic carbocycles. The highest BCUT2D eigenvalue weighted by Crippen LogP contribution is 2.42. The van der Waals surface area contributed by atoms with E-state index in [1.54, 1.807) is 47.9 Å². The lowest BCUT2D eigenvalue weighted by Crippen LogP contribution is -2.64. The number of anilines is 1. The third-order valence-electron chi connectivity index (χ3n) is 12.9. The smallest absolute Gasteiger partial charge is 0.412 e. The topological polar surface area (TPSA) is 296 Å². The van der Waals surface area contributed by atoms with E-state index >= 15 is 0 Å². The summed E-state index contributed by atoms with van der Waals surface area (Å²) in [7, 11) is 0.994. The van der Waals surface area contributed by atoms with Gasteiger partial charge in [0.05, 0.1) is 47.5 Å². The number of esters is 5. The third kappa shape index (κ3) is 10.6. The Bertz CT molecular complexity index is 3290. The summed E-state index contributed by atoms with van der Waals surface area (Å²) in [5, 5.41) is 27.2. The second-order valence-electron chi connectivity index (χ2n) is 17.7. The van der Waals surface area contributed by atoms with Crippen molar-refractivity contribution < 1.29 is 81.4 Å². The van der Waals surface area contributed by atoms with Gasteiger partial charge in [-0.25, -0.2) is 19.4 Å². The fourth-order valence-electron chi connectivity index (χ4n) is 9.37. The first-order valence-electron chi connectivity index (χ1n) is 23.7. The summed E-state index contributed by atoms with van der Waals surface area (Å²) >= 11 is 0. The molecule has 8 rings (SSSR count). The molecule has 0 bridgehead atoms. The van der Waals surface area contributed by atoms with E-state index in [4.69, 9.17) is 54.0 Å². The van der Waals surface area contributed by atoms with Gasteiger partial charge < -0.3 is 52.3 Å². The van der Waals surface area contributed by atoms with Gasteiger partial charge in [0.15, 0.2) is 29.7 Å². The van der Waals surface area contributed by atoms with Crippen molar-refractivity contribution >= 4 is 58.2 Å². The molecule has 1 saturated heterocycles. The molecular formula is C53H50N4O19. The van der Waals surface area contributed by atoms with Crippen molar-refractivity contribution in [1.82, 2.24) is 9.55 Å². The van der Waals surface area contributed by atoms with Gasteiger partial charge in [-0.2, -0.15) is 0 Å². The van der Waals surface area contributed by atoms with Gasteiger partial charge in [-0.3, -0.25) is 34.6 Å². The van der Waals surface area contributed by atoms with E-state index in [0.717, 1.165) is 62.1 Å². The molecular weight excluding hydrogens is 997 g/mol. The number of aryl methyl sites for hydroxylation is 1. The maximum atomic E-state index is 13.8. The van der Waals surface area contributed by atoms with Crippen molar-refractivity contribution in [2.45, 2.75) is 116 Å². The Morgan fingerprint density at radius 3 is 2.29 bits per heavy atom. The van der Waals surface area contributed by atoms with Crippen LogP contribution in [-0.4, -0.2) is 93.3 Å². The number of fused-ring (bicyclic) bond motifs is 5. The van der Waals surface area contributed by atoms with Crippen molar-refractivity contribution in [3.63, 3.8) is 0 Å². The minimum atomic E-state index is -1.94. The molecule has 76 heavy (non-hydrogen) atoms. The number of rotatable bonds is 16. The number of cyclic esters (lactones) is 1. The maximum absolute atomic E-state index is 13.8. The summed E-state index contributed by atoms with van der Waals surface area (Å²) in [4.78, 5) is 106. The number of terminal acetylenes is 1. The van der Waals surface area contributed by atoms with Gasteiger partial charge in [-0.1, -0.05) is 32.0 Å². The lowest BCUT2D eigenvalue weighted by atomic mass is 9.86. The molecule has 0 aliphatic carbocycles. The zero-order valence-corrected chi connectivity index (χ0v) is 41.8. The number of nitro benzene ring substituents is 1. The van der Waals surface area contributed by atoms with Gasteiger partial charge in [-0.05, 0) is 66.4 Å². The first-order valence-corrected chi connectivity index (χ1v) is 23.7. The van der Waals surface area contributed by atoms with Crippen LogP contribution >= 0.6 is 0 Å². The quantitative estimate of drug-likeness (QED) is 0.0397. The molecule has 3 aliphatic rings. The molecule has 0 radical (unpaired) electrons. The highest BCUT2D eigenvalue weighted by atomic mass is 16.7. The van der Waals surface area contributed by atoms with Gasteiger partial charge in [-0.15, -0.1) is 12.3 Å². The second kappa shape index (κ2) is 21.9. The average Bonchev–Trinajstić information content (AvgIpc) is 3.83. The van der Waals surface area contributed by atoms with Gasteiger partial charge in [0.1, 0.15) is 25.1 Å². The largest absolute Gasteiger partial charge is 0.489 e. The monoisotopic (exact) mass is 1050 g/mol. The van der Waals surface area contributed by atoms with E-state index in [1.165, 1.54) is 6.07 Å². The standard InChI is InChI=1S/C53H50N4O19/c1-8-11-41(30-14-19-42(39(20-30)57(66)67)74-50-47(73-28(6)60)45(72-27(5)59)44(71-26(4)58)46(76-50)49(62)68-7)75-52(64)54-31-15-12-29(13-16-31)24-69-32-17-18-38-34(21-32)33(9-2)35-23-56-40(43(35)55-38)22-37-36(48(56)61)25-70-51(63)53(37,65)10-3/h1,12-22,41,44-47,50,65H,9-11,23-25H2,2-7H3,(H,54,64)/t41-,44-,45-,46-,47+,50+,53+/m1/s1. The van der Waals surface area contributed by atoms with Crippen molar-refractivity contribution in [3.05, 3.63) is 121 Å². The number of hydrogen-bond donors (Lipinski definition) is 2. The number of aromatic nitrogens is 2. The van der Waals surface area contributed by atoms with Crippen LogP contribution in [0.25, 0.3) is 22.3 Å². The van der Waals surface area contributed by atoms with E-state index in [0.29, 0.717) is 34.8 Å². The number of aliphatic hydroxyl groups is 1. The molecule has 23 heteroatoms. The molecule has 7 atom stereocenters. The number of carbonyl (C=O) groups excluding carboxylic acids is 6. The van der Waals surface area contributed by atoms with Crippen LogP contribution in [0.4, 0.5) is 16.2 Å². The number of carbonyl (C=O) groups is 6. The zero-order chi connectivity index (χ0) is 54.7. The summed E-state index contributed by atoms with van der Waals surface area (Å²) in [6, 6.07) is 17.3. The molecule has 23 nitrogen and oxygen atoms in total. The van der Waals surface area contributed by atoms with Crippen molar-refractivity contribution in [2.24, 2.45) is 0 Å². The molecule has 3 aliphatic heterocycles. The Balaban J connectivity index is 0.943. The number of nitrogens with one attached hydrogen (secondary N) is 1. The van der Waals surface area contributed by atoms with E-state index in [1.807, 2.05) is 19.1 Å². The minimum Gasteiger partial charge on any atom is -0.489 e. The average molecular weight is 1050 g/mol. The number of pyridine rings is 2. The first kappa shape index (κ1) is 53.4. The van der Waals surface area contributed by atoms with Crippen molar-refractivity contribution in [3.8, 4) is 35.2 Å². The summed E-state index contributed by atoms with van der Waals surface area (Å²) in [6.07, 6.45) is -5.08. The fourth-order valence-corrected chi connectivity index (χ4v) is 9.37. The third-order valence-corrected chi connectivity index (χ3v) is 12.9. The molecule has 396 valence electrons. The summed E-state index contributed by atoms with van der Waals surface area (Å²) < 4.78 is 51.0. The Morgan fingerprint density at radius 2 is 1.64 bits per heavy atom. The summed E-state index contributed by atoms with van der Waals surface area (Å²) in [5.41, 5.74) is 2.19. The van der Waals surface area contributed by atoms with Crippen molar-refractivity contribution in [2.75, 3.05) is 12.4 Å². The van der Waals surface area contributed by atoms with Crippen LogP contribution in [0.5, 0.6) is 11.5 Å². The Hall–Kier alpha value is -8.88. The van der Waals surface area contributed by atoms with Crippen LogP contribution in [-0.2, 0) is 88.9 Å². The normalized spacial score (nSPS) is 20.5. The number of amides is 1. The molecule has 2 aromatic heterocycles. The maximum Gasteiger partial charge on any atom is 0.412 e. The molecule has 5 aromatic rings. The van der Waals surface area contributed by atoms with Crippen LogP contribution in [0.2, 0.25) is 0 Å². The lowest BCUT2D eigenvalue weighted by Gasteiger charge is -2.43. The Kier molecular flexibility index (Phi) is 15.4. The highest BCUT2D eigenvalue weighted by Gasteiger charge is 2.56. The molecule has 5 heterocycles. The number of ether oxygens (including phenoxy) is 9. The molecule has 1 fully saturated rings. The highest BCUT2D eigenvalue weighted by molar-refractivity contribution is 5.90. The predicted molar refractivity (Wildman–Crippen MR) is 262 cm³/mol. The van der Waals surface area contributed by atoms with E-state index < -0.39 is 94.7 Å². The molecule has 2 N–H and O–H groups in total. The van der Waals surface area contributed by atoms with Gasteiger partial charge >= 0.3 is 41.6 Å². The fraction of sp³-hybridized carbons (Fsp3) is 0.358. The Morgan fingerprint density at radius 1 is 0.947 bits per heavy atom. The number of methoxy groups -OCH3 is 1. The molecule has 1 amide bonds. The van der Waals surface area contributed by atoms with Crippen LogP contribution in [0, 0.1) is 22.5 Å². The summed E-state index contributed by atoms with van der Waals surface area (Å²) in [5.74, 6) is -2.32. The van der Waals surface area contributed by atoms with E-state index in [-0.39, 0.29) is 54.8 Å². The van der Waals surface area contributed by atoms with E-state index in [9.17, 15) is 48.8 Å². The van der Waals surface area contributed by atoms with Gasteiger partial charge in [0.25, 0.3) is 5.56 Å². The predicted octanol–water partition coefficient (Wildman–Crippen LogP) is 5.51. The number of benzene rings is 3. The van der Waals surface area contributed by atoms with Gasteiger partial charge in [0, 0.05) is 54.6 Å². The van der Waals surface area contributed by atoms with Crippen LogP contribution in [0.15, 0.2) is 71.5 Å². The number of hydrogen-bond acceptors (Lipinski definition) is 20. The molecule has 0 spiro atoms. The number of nitrogens with zero attached hydrogens (tertiary/aromatic N) is 3. The molecule has 0 unspecified atom stereocenters.